The number of carbonyl (C=O) groups excluding carboxylic acids is 1. The van der Waals surface area contributed by atoms with Crippen LogP contribution in [0, 0.1) is 23.3 Å². The van der Waals surface area contributed by atoms with Gasteiger partial charge in [-0.1, -0.05) is 12.1 Å². The van der Waals surface area contributed by atoms with Crippen molar-refractivity contribution in [2.24, 2.45) is 5.73 Å². The summed E-state index contributed by atoms with van der Waals surface area (Å²) in [6.45, 7) is 2.83. The van der Waals surface area contributed by atoms with E-state index in [-0.39, 0.29) is 11.1 Å². The Labute approximate surface area is 142 Å². The Morgan fingerprint density at radius 2 is 1.36 bits per heavy atom. The molecule has 0 amide bonds. The minimum absolute atomic E-state index is 0.0862. The van der Waals surface area contributed by atoms with Crippen LogP contribution in [0.4, 0.5) is 17.6 Å². The van der Waals surface area contributed by atoms with Gasteiger partial charge in [-0.3, -0.25) is 4.79 Å². The molecule has 2 rings (SSSR count). The van der Waals surface area contributed by atoms with Crippen molar-refractivity contribution in [1.82, 2.24) is 0 Å². The van der Waals surface area contributed by atoms with Crippen molar-refractivity contribution in [2.75, 3.05) is 0 Å². The van der Waals surface area contributed by atoms with E-state index in [4.69, 9.17) is 10.5 Å². The van der Waals surface area contributed by atoms with Crippen molar-refractivity contribution in [3.63, 3.8) is 0 Å². The molecule has 3 nitrogen and oxygen atoms in total. The van der Waals surface area contributed by atoms with Gasteiger partial charge in [0.1, 0.15) is 35.4 Å². The molecule has 0 aromatic heterocycles. The number of nitrogens with two attached hydrogens (primary N) is 1. The van der Waals surface area contributed by atoms with Crippen LogP contribution in [-0.2, 0) is 9.53 Å². The van der Waals surface area contributed by atoms with E-state index in [0.717, 1.165) is 24.3 Å². The van der Waals surface area contributed by atoms with Crippen LogP contribution in [0.15, 0.2) is 36.4 Å². The molecule has 0 aliphatic rings. The molecule has 2 aromatic carbocycles. The number of esters is 1. The predicted molar refractivity (Wildman–Crippen MR) is 83.8 cm³/mol. The summed E-state index contributed by atoms with van der Waals surface area (Å²) in [7, 11) is 0. The minimum Gasteiger partial charge on any atom is -0.461 e. The van der Waals surface area contributed by atoms with Gasteiger partial charge in [0.05, 0.1) is 5.92 Å². The first kappa shape index (κ1) is 18.9. The summed E-state index contributed by atoms with van der Waals surface area (Å²) in [5.41, 5.74) is 5.27. The normalized spacial score (nSPS) is 13.6. The van der Waals surface area contributed by atoms with Crippen molar-refractivity contribution in [1.29, 1.82) is 0 Å². The van der Waals surface area contributed by atoms with E-state index in [1.165, 1.54) is 13.8 Å². The maximum Gasteiger partial charge on any atom is 0.322 e. The van der Waals surface area contributed by atoms with E-state index in [2.05, 4.69) is 0 Å². The zero-order valence-electron chi connectivity index (χ0n) is 13.6. The second-order valence-electron chi connectivity index (χ2n) is 5.74. The van der Waals surface area contributed by atoms with Crippen LogP contribution in [0.1, 0.15) is 30.9 Å². The van der Waals surface area contributed by atoms with Gasteiger partial charge in [0, 0.05) is 12.1 Å². The average molecular weight is 355 g/mol. The van der Waals surface area contributed by atoms with Crippen LogP contribution in [-0.4, -0.2) is 18.1 Å². The highest BCUT2D eigenvalue weighted by molar-refractivity contribution is 5.75. The van der Waals surface area contributed by atoms with Crippen molar-refractivity contribution < 1.29 is 27.1 Å². The molecule has 0 unspecified atom stereocenters. The van der Waals surface area contributed by atoms with Gasteiger partial charge in [-0.05, 0) is 37.1 Å². The van der Waals surface area contributed by atoms with Crippen molar-refractivity contribution in [3.8, 4) is 0 Å². The summed E-state index contributed by atoms with van der Waals surface area (Å²) in [5, 5.41) is 0. The molecule has 0 saturated carbocycles. The fourth-order valence-corrected chi connectivity index (χ4v) is 2.54. The number of halogens is 4. The highest BCUT2D eigenvalue weighted by Crippen LogP contribution is 2.34. The molecule has 0 spiro atoms. The molecule has 25 heavy (non-hydrogen) atoms. The Balaban J connectivity index is 2.52. The minimum atomic E-state index is -1.11. The van der Waals surface area contributed by atoms with Gasteiger partial charge in [0.15, 0.2) is 0 Å². The molecular weight excluding hydrogens is 338 g/mol. The van der Waals surface area contributed by atoms with Crippen LogP contribution in [0.25, 0.3) is 0 Å². The third-order valence-corrected chi connectivity index (χ3v) is 3.74. The fraction of sp³-hybridized carbons (Fsp3) is 0.278. The molecule has 0 heterocycles. The lowest BCUT2D eigenvalue weighted by molar-refractivity contribution is -0.150. The Kier molecular flexibility index (Phi) is 5.79. The zero-order valence-corrected chi connectivity index (χ0v) is 13.6. The average Bonchev–Trinajstić information content (AvgIpc) is 2.51. The zero-order chi connectivity index (χ0) is 18.7. The number of ether oxygens (including phenoxy) is 1. The van der Waals surface area contributed by atoms with Gasteiger partial charge in [0.2, 0.25) is 0 Å². The Morgan fingerprint density at radius 1 is 0.920 bits per heavy atom. The quantitative estimate of drug-likeness (QED) is 0.658. The second kappa shape index (κ2) is 7.65. The molecule has 7 heteroatoms. The molecule has 2 atom stereocenters. The number of benzene rings is 2. The molecule has 0 bridgehead atoms. The number of rotatable bonds is 5. The first-order valence-corrected chi connectivity index (χ1v) is 7.56. The van der Waals surface area contributed by atoms with E-state index < -0.39 is 47.3 Å². The van der Waals surface area contributed by atoms with Crippen molar-refractivity contribution >= 4 is 5.97 Å². The lowest BCUT2D eigenvalue weighted by Gasteiger charge is -2.26. The molecule has 2 N–H and O–H groups in total. The smallest absolute Gasteiger partial charge is 0.322 e. The highest BCUT2D eigenvalue weighted by Gasteiger charge is 2.30. The largest absolute Gasteiger partial charge is 0.461 e. The van der Waals surface area contributed by atoms with Gasteiger partial charge in [0.25, 0.3) is 0 Å². The van der Waals surface area contributed by atoms with Crippen molar-refractivity contribution in [2.45, 2.75) is 31.9 Å². The van der Waals surface area contributed by atoms with E-state index in [1.54, 1.807) is 0 Å². The van der Waals surface area contributed by atoms with Gasteiger partial charge in [-0.2, -0.15) is 0 Å². The van der Waals surface area contributed by atoms with Gasteiger partial charge in [-0.25, -0.2) is 17.6 Å². The molecule has 134 valence electrons. The highest BCUT2D eigenvalue weighted by atomic mass is 19.1. The van der Waals surface area contributed by atoms with E-state index >= 15 is 0 Å². The Morgan fingerprint density at radius 3 is 1.72 bits per heavy atom. The van der Waals surface area contributed by atoms with Crippen LogP contribution in [0.2, 0.25) is 0 Å². The molecule has 0 aliphatic carbocycles. The monoisotopic (exact) mass is 355 g/mol. The van der Waals surface area contributed by atoms with E-state index in [0.29, 0.717) is 12.1 Å². The summed E-state index contributed by atoms with van der Waals surface area (Å²) in [5.74, 6) is -5.35. The maximum absolute atomic E-state index is 14.3. The lowest BCUT2D eigenvalue weighted by Crippen LogP contribution is -2.34. The fourth-order valence-electron chi connectivity index (χ4n) is 2.54. The number of hydrogen-bond acceptors (Lipinski definition) is 3. The van der Waals surface area contributed by atoms with Gasteiger partial charge in [-0.15, -0.1) is 0 Å². The summed E-state index contributed by atoms with van der Waals surface area (Å²) in [6, 6.07) is 4.63. The molecule has 0 fully saturated rings. The van der Waals surface area contributed by atoms with Crippen molar-refractivity contribution in [3.05, 3.63) is 70.8 Å². The lowest BCUT2D eigenvalue weighted by atomic mass is 9.86. The molecule has 2 aromatic rings. The topological polar surface area (TPSA) is 52.3 Å². The van der Waals surface area contributed by atoms with Crippen LogP contribution < -0.4 is 5.73 Å². The van der Waals surface area contributed by atoms with E-state index in [1.807, 2.05) is 0 Å². The third-order valence-electron chi connectivity index (χ3n) is 3.74. The van der Waals surface area contributed by atoms with Crippen LogP contribution in [0.3, 0.4) is 0 Å². The SMILES string of the molecule is C[C@H](N)C(=O)O[C@@H](C)C(c1ccc(F)cc1F)c1ccc(F)cc1F. The van der Waals surface area contributed by atoms with Crippen LogP contribution >= 0.6 is 0 Å². The first-order chi connectivity index (χ1) is 11.7. The summed E-state index contributed by atoms with van der Waals surface area (Å²) < 4.78 is 60.1. The number of hydrogen-bond donors (Lipinski definition) is 1. The molecule has 0 aliphatic heterocycles. The maximum atomic E-state index is 14.3. The summed E-state index contributed by atoms with van der Waals surface area (Å²) >= 11 is 0. The number of carbonyl (C=O) groups is 1. The van der Waals surface area contributed by atoms with Gasteiger partial charge < -0.3 is 10.5 Å². The first-order valence-electron chi connectivity index (χ1n) is 7.56. The Bertz CT molecular complexity index is 728. The predicted octanol–water partition coefficient (Wildman–Crippen LogP) is 3.65. The summed E-state index contributed by atoms with van der Waals surface area (Å²) in [4.78, 5) is 11.7. The second-order valence-corrected chi connectivity index (χ2v) is 5.74. The standard InChI is InChI=1S/C18H17F4NO2/c1-9(23)18(24)25-10(2)17(13-5-3-11(19)7-15(13)21)14-6-4-12(20)8-16(14)22/h3-10,17H,23H2,1-2H3/t9-,10-/m0/s1. The third kappa shape index (κ3) is 4.36. The van der Waals surface area contributed by atoms with Gasteiger partial charge >= 0.3 is 5.97 Å². The molecule has 0 saturated heterocycles. The molecule has 0 radical (unpaired) electrons. The van der Waals surface area contributed by atoms with E-state index in [9.17, 15) is 22.4 Å². The molecular formula is C18H17F4NO2. The Hall–Kier alpha value is -2.41. The summed E-state index contributed by atoms with van der Waals surface area (Å²) in [6.07, 6.45) is -1.03. The van der Waals surface area contributed by atoms with Crippen LogP contribution in [0.5, 0.6) is 0 Å².